The molecular weight excluding hydrogens is 326 g/mol. The molecule has 0 radical (unpaired) electrons. The topological polar surface area (TPSA) is 32.3 Å². The van der Waals surface area contributed by atoms with Crippen LogP contribution in [0.5, 0.6) is 5.75 Å². The van der Waals surface area contributed by atoms with Crippen LogP contribution in [0.3, 0.4) is 0 Å². The van der Waals surface area contributed by atoms with Crippen LogP contribution in [0.25, 0.3) is 0 Å². The molecule has 0 saturated carbocycles. The van der Waals surface area contributed by atoms with E-state index in [1.54, 1.807) is 6.07 Å². The van der Waals surface area contributed by atoms with Gasteiger partial charge in [-0.2, -0.15) is 0 Å². The van der Waals surface area contributed by atoms with Crippen LogP contribution in [0.2, 0.25) is 0 Å². The average Bonchev–Trinajstić information content (AvgIpc) is 2.47. The highest BCUT2D eigenvalue weighted by atomic mass is 79.9. The second-order valence-corrected chi connectivity index (χ2v) is 6.27. The van der Waals surface area contributed by atoms with E-state index in [2.05, 4.69) is 59.4 Å². The predicted molar refractivity (Wildman–Crippen MR) is 91.7 cm³/mol. The summed E-state index contributed by atoms with van der Waals surface area (Å²) in [6.45, 7) is 5.14. The number of benzene rings is 2. The summed E-state index contributed by atoms with van der Waals surface area (Å²) in [5, 5.41) is 13.6. The first-order chi connectivity index (χ1) is 10.1. The Kier molecular flexibility index (Phi) is 5.83. The minimum absolute atomic E-state index is 0.173. The Labute approximate surface area is 135 Å². The lowest BCUT2D eigenvalue weighted by Gasteiger charge is -2.19. The summed E-state index contributed by atoms with van der Waals surface area (Å²) in [4.78, 5) is 0. The van der Waals surface area contributed by atoms with E-state index in [0.717, 1.165) is 29.4 Å². The Morgan fingerprint density at radius 1 is 1.19 bits per heavy atom. The fraction of sp³-hybridized carbons (Fsp3) is 0.333. The summed E-state index contributed by atoms with van der Waals surface area (Å²) in [6, 6.07) is 14.4. The molecule has 0 aliphatic heterocycles. The highest BCUT2D eigenvalue weighted by Gasteiger charge is 2.13. The largest absolute Gasteiger partial charge is 0.508 e. The van der Waals surface area contributed by atoms with Crippen molar-refractivity contribution in [2.45, 2.75) is 32.7 Å². The Hall–Kier alpha value is -1.32. The molecule has 0 aromatic heterocycles. The van der Waals surface area contributed by atoms with Crippen molar-refractivity contribution in [3.63, 3.8) is 0 Å². The summed E-state index contributed by atoms with van der Waals surface area (Å²) in [5.41, 5.74) is 3.59. The number of hydrogen-bond donors (Lipinski definition) is 2. The summed E-state index contributed by atoms with van der Waals surface area (Å²) in [6.07, 6.45) is 1.94. The van der Waals surface area contributed by atoms with Gasteiger partial charge < -0.3 is 10.4 Å². The molecule has 0 spiro atoms. The number of phenolic OH excluding ortho intramolecular Hbond substituents is 1. The molecule has 2 nitrogen and oxygen atoms in total. The molecule has 2 N–H and O–H groups in total. The van der Waals surface area contributed by atoms with Crippen molar-refractivity contribution in [1.29, 1.82) is 0 Å². The van der Waals surface area contributed by atoms with Gasteiger partial charge in [-0.05, 0) is 50.1 Å². The normalized spacial score (nSPS) is 12.3. The highest BCUT2D eigenvalue weighted by molar-refractivity contribution is 9.10. The van der Waals surface area contributed by atoms with Gasteiger partial charge in [0.15, 0.2) is 0 Å². The van der Waals surface area contributed by atoms with Crippen LogP contribution in [0.4, 0.5) is 0 Å². The standard InChI is InChI=1S/C18H22BrNO/c1-3-17(16-12-15(19)7-8-18(16)21)20-10-9-14-6-4-5-13(2)11-14/h4-8,11-12,17,20-21H,3,9-10H2,1-2H3. The molecule has 0 heterocycles. The van der Waals surface area contributed by atoms with E-state index in [0.29, 0.717) is 5.75 Å². The van der Waals surface area contributed by atoms with Gasteiger partial charge in [-0.25, -0.2) is 0 Å². The third-order valence-electron chi connectivity index (χ3n) is 3.66. The number of phenols is 1. The molecular formula is C18H22BrNO. The molecule has 0 fully saturated rings. The average molecular weight is 348 g/mol. The van der Waals surface area contributed by atoms with Gasteiger partial charge in [-0.3, -0.25) is 0 Å². The molecule has 0 bridgehead atoms. The van der Waals surface area contributed by atoms with Crippen molar-refractivity contribution in [2.75, 3.05) is 6.54 Å². The first kappa shape index (κ1) is 16.1. The molecule has 21 heavy (non-hydrogen) atoms. The maximum atomic E-state index is 10.0. The quantitative estimate of drug-likeness (QED) is 0.790. The van der Waals surface area contributed by atoms with Gasteiger partial charge >= 0.3 is 0 Å². The van der Waals surface area contributed by atoms with Crippen LogP contribution < -0.4 is 5.32 Å². The summed E-state index contributed by atoms with van der Waals surface area (Å²) in [5.74, 6) is 0.355. The van der Waals surface area contributed by atoms with Crippen molar-refractivity contribution >= 4 is 15.9 Å². The van der Waals surface area contributed by atoms with Crippen molar-refractivity contribution in [2.24, 2.45) is 0 Å². The second kappa shape index (κ2) is 7.62. The molecule has 2 aromatic carbocycles. The molecule has 112 valence electrons. The van der Waals surface area contributed by atoms with E-state index in [1.165, 1.54) is 11.1 Å². The van der Waals surface area contributed by atoms with E-state index < -0.39 is 0 Å². The van der Waals surface area contributed by atoms with Crippen LogP contribution >= 0.6 is 15.9 Å². The van der Waals surface area contributed by atoms with E-state index >= 15 is 0 Å². The minimum atomic E-state index is 0.173. The lowest BCUT2D eigenvalue weighted by Crippen LogP contribution is -2.23. The van der Waals surface area contributed by atoms with Crippen LogP contribution in [0, 0.1) is 6.92 Å². The van der Waals surface area contributed by atoms with Crippen molar-refractivity contribution < 1.29 is 5.11 Å². The van der Waals surface area contributed by atoms with E-state index in [1.807, 2.05) is 12.1 Å². The molecule has 3 heteroatoms. The van der Waals surface area contributed by atoms with Crippen molar-refractivity contribution in [3.05, 3.63) is 63.6 Å². The van der Waals surface area contributed by atoms with E-state index in [9.17, 15) is 5.11 Å². The SMILES string of the molecule is CCC(NCCc1cccc(C)c1)c1cc(Br)ccc1O. The maximum absolute atomic E-state index is 10.0. The Bertz CT molecular complexity index is 598. The Balaban J connectivity index is 1.98. The van der Waals surface area contributed by atoms with Gasteiger partial charge in [-0.1, -0.05) is 52.7 Å². The Morgan fingerprint density at radius 2 is 2.00 bits per heavy atom. The maximum Gasteiger partial charge on any atom is 0.120 e. The summed E-state index contributed by atoms with van der Waals surface area (Å²) < 4.78 is 0.995. The third kappa shape index (κ3) is 4.58. The minimum Gasteiger partial charge on any atom is -0.508 e. The van der Waals surface area contributed by atoms with Crippen LogP contribution in [0.1, 0.15) is 36.1 Å². The first-order valence-electron chi connectivity index (χ1n) is 7.37. The fourth-order valence-corrected chi connectivity index (χ4v) is 2.92. The smallest absolute Gasteiger partial charge is 0.120 e. The number of rotatable bonds is 6. The molecule has 0 saturated heterocycles. The lowest BCUT2D eigenvalue weighted by atomic mass is 10.0. The lowest BCUT2D eigenvalue weighted by molar-refractivity contribution is 0.442. The van der Waals surface area contributed by atoms with E-state index in [4.69, 9.17) is 0 Å². The van der Waals surface area contributed by atoms with Gasteiger partial charge in [0, 0.05) is 16.1 Å². The van der Waals surface area contributed by atoms with Crippen LogP contribution in [-0.2, 0) is 6.42 Å². The first-order valence-corrected chi connectivity index (χ1v) is 8.16. The molecule has 0 aliphatic carbocycles. The number of aryl methyl sites for hydroxylation is 1. The zero-order valence-corrected chi connectivity index (χ0v) is 14.2. The van der Waals surface area contributed by atoms with Gasteiger partial charge in [0.2, 0.25) is 0 Å². The van der Waals surface area contributed by atoms with Gasteiger partial charge in [0.25, 0.3) is 0 Å². The summed E-state index contributed by atoms with van der Waals surface area (Å²) in [7, 11) is 0. The van der Waals surface area contributed by atoms with Crippen LogP contribution in [-0.4, -0.2) is 11.7 Å². The third-order valence-corrected chi connectivity index (χ3v) is 4.15. The highest BCUT2D eigenvalue weighted by Crippen LogP contribution is 2.29. The number of aromatic hydroxyl groups is 1. The fourth-order valence-electron chi connectivity index (χ4n) is 2.54. The summed E-state index contributed by atoms with van der Waals surface area (Å²) >= 11 is 3.47. The predicted octanol–water partition coefficient (Wildman–Crippen LogP) is 4.75. The second-order valence-electron chi connectivity index (χ2n) is 5.36. The Morgan fingerprint density at radius 3 is 2.71 bits per heavy atom. The van der Waals surface area contributed by atoms with Crippen molar-refractivity contribution in [1.82, 2.24) is 5.32 Å². The van der Waals surface area contributed by atoms with Crippen molar-refractivity contribution in [3.8, 4) is 5.75 Å². The van der Waals surface area contributed by atoms with Crippen LogP contribution in [0.15, 0.2) is 46.9 Å². The molecule has 2 rings (SSSR count). The number of hydrogen-bond acceptors (Lipinski definition) is 2. The number of halogens is 1. The molecule has 0 aliphatic rings. The zero-order valence-electron chi connectivity index (χ0n) is 12.6. The van der Waals surface area contributed by atoms with E-state index in [-0.39, 0.29) is 6.04 Å². The zero-order chi connectivity index (χ0) is 15.2. The van der Waals surface area contributed by atoms with Gasteiger partial charge in [0.1, 0.15) is 5.75 Å². The van der Waals surface area contributed by atoms with Gasteiger partial charge in [0.05, 0.1) is 0 Å². The molecule has 1 atom stereocenters. The molecule has 0 amide bonds. The van der Waals surface area contributed by atoms with Gasteiger partial charge in [-0.15, -0.1) is 0 Å². The monoisotopic (exact) mass is 347 g/mol. The molecule has 2 aromatic rings. The number of nitrogens with one attached hydrogen (secondary N) is 1. The molecule has 1 unspecified atom stereocenters.